The highest BCUT2D eigenvalue weighted by Crippen LogP contribution is 2.26. The van der Waals surface area contributed by atoms with Crippen molar-refractivity contribution in [1.29, 1.82) is 0 Å². The normalized spacial score (nSPS) is 17.6. The largest absolute Gasteiger partial charge is 0.362 e. The van der Waals surface area contributed by atoms with E-state index >= 15 is 0 Å². The van der Waals surface area contributed by atoms with Gasteiger partial charge in [-0.25, -0.2) is 0 Å². The van der Waals surface area contributed by atoms with Gasteiger partial charge in [-0.1, -0.05) is 23.3 Å². The minimum Gasteiger partial charge on any atom is -0.362 e. The zero-order chi connectivity index (χ0) is 18.8. The van der Waals surface area contributed by atoms with Crippen molar-refractivity contribution in [1.82, 2.24) is 21.5 Å². The van der Waals surface area contributed by atoms with Crippen LogP contribution < -0.4 is 21.5 Å². The third-order valence-electron chi connectivity index (χ3n) is 3.63. The predicted octanol–water partition coefficient (Wildman–Crippen LogP) is 2.60. The summed E-state index contributed by atoms with van der Waals surface area (Å²) in [5, 5.41) is 15.8. The molecule has 0 saturated carbocycles. The van der Waals surface area contributed by atoms with E-state index in [2.05, 4.69) is 57.7 Å². The van der Waals surface area contributed by atoms with Gasteiger partial charge in [-0.15, -0.1) is 0 Å². The Morgan fingerprint density at radius 1 is 1.04 bits per heavy atom. The van der Waals surface area contributed by atoms with Gasteiger partial charge in [-0.2, -0.15) is 10.2 Å². The zero-order valence-corrected chi connectivity index (χ0v) is 17.2. The van der Waals surface area contributed by atoms with Crippen LogP contribution in [0.4, 0.5) is 0 Å². The molecule has 8 heteroatoms. The topological polar surface area (TPSA) is 72.8 Å². The van der Waals surface area contributed by atoms with Crippen LogP contribution in [0.3, 0.4) is 0 Å². The molecule has 6 nitrogen and oxygen atoms in total. The number of allylic oxidation sites excluding steroid dienone is 4. The summed E-state index contributed by atoms with van der Waals surface area (Å²) in [5.41, 5.74) is 9.92. The standard InChI is InChI=1S/C17H28N6S2/c1-6-18-16(24)22-20-13(5)15(21-23-17(25)19-7-2)10-14-9-11(3)8-12(14)4/h8-9,14H,6-7,10H2,1-5H3,(H2,18,22,24)(H2,19,23,25)/b20-13+,21-15+. The number of thiocarbonyl (C=S) groups is 2. The molecule has 1 rings (SSSR count). The first kappa shape index (κ1) is 21.2. The second kappa shape index (κ2) is 10.9. The maximum Gasteiger partial charge on any atom is 0.186 e. The van der Waals surface area contributed by atoms with Gasteiger partial charge in [0.2, 0.25) is 0 Å². The Bertz CT molecular complexity index is 619. The van der Waals surface area contributed by atoms with Crippen LogP contribution in [0.25, 0.3) is 0 Å². The summed E-state index contributed by atoms with van der Waals surface area (Å²) < 4.78 is 0. The molecule has 0 aromatic rings. The molecule has 1 atom stereocenters. The third kappa shape index (κ3) is 7.74. The molecule has 0 aromatic carbocycles. The lowest BCUT2D eigenvalue weighted by Crippen LogP contribution is -2.35. The molecule has 0 fully saturated rings. The van der Waals surface area contributed by atoms with Crippen LogP contribution in [-0.2, 0) is 0 Å². The Balaban J connectivity index is 2.88. The molecule has 1 aliphatic rings. The SMILES string of the molecule is CCNC(=S)N/N=C(C)/C(CC1C=C(C)C=C1C)=N/NC(=S)NCC. The van der Waals surface area contributed by atoms with Gasteiger partial charge in [0.25, 0.3) is 0 Å². The molecule has 0 heterocycles. The second-order valence-corrected chi connectivity index (χ2v) is 6.62. The Hall–Kier alpha value is -1.80. The van der Waals surface area contributed by atoms with Gasteiger partial charge in [0, 0.05) is 25.4 Å². The van der Waals surface area contributed by atoms with E-state index in [0.717, 1.165) is 30.9 Å². The molecule has 0 spiro atoms. The molecular weight excluding hydrogens is 352 g/mol. The van der Waals surface area contributed by atoms with Crippen molar-refractivity contribution in [3.05, 3.63) is 23.3 Å². The van der Waals surface area contributed by atoms with E-state index in [4.69, 9.17) is 24.4 Å². The fourth-order valence-corrected chi connectivity index (χ4v) is 2.76. The monoisotopic (exact) mass is 380 g/mol. The number of rotatable bonds is 7. The first-order valence-corrected chi connectivity index (χ1v) is 9.24. The van der Waals surface area contributed by atoms with Crippen molar-refractivity contribution in [3.63, 3.8) is 0 Å². The van der Waals surface area contributed by atoms with Crippen molar-refractivity contribution in [3.8, 4) is 0 Å². The summed E-state index contributed by atoms with van der Waals surface area (Å²) in [7, 11) is 0. The molecule has 25 heavy (non-hydrogen) atoms. The van der Waals surface area contributed by atoms with Gasteiger partial charge in [0.15, 0.2) is 10.2 Å². The predicted molar refractivity (Wildman–Crippen MR) is 115 cm³/mol. The highest BCUT2D eigenvalue weighted by Gasteiger charge is 2.18. The van der Waals surface area contributed by atoms with Crippen LogP contribution in [0.5, 0.6) is 0 Å². The highest BCUT2D eigenvalue weighted by atomic mass is 32.1. The highest BCUT2D eigenvalue weighted by molar-refractivity contribution is 7.80. The van der Waals surface area contributed by atoms with Crippen molar-refractivity contribution in [2.24, 2.45) is 16.1 Å². The average Bonchev–Trinajstić information content (AvgIpc) is 2.87. The Morgan fingerprint density at radius 2 is 1.60 bits per heavy atom. The van der Waals surface area contributed by atoms with E-state index in [1.54, 1.807) is 0 Å². The third-order valence-corrected chi connectivity index (χ3v) is 4.10. The maximum absolute atomic E-state index is 5.18. The summed E-state index contributed by atoms with van der Waals surface area (Å²) in [6.07, 6.45) is 5.19. The van der Waals surface area contributed by atoms with Gasteiger partial charge in [0.05, 0.1) is 11.4 Å². The molecule has 1 unspecified atom stereocenters. The van der Waals surface area contributed by atoms with Crippen LogP contribution in [0.2, 0.25) is 0 Å². The maximum atomic E-state index is 5.18. The average molecular weight is 381 g/mol. The molecular formula is C17H28N6S2. The molecule has 0 aliphatic heterocycles. The fourth-order valence-electron chi connectivity index (χ4n) is 2.38. The lowest BCUT2D eigenvalue weighted by atomic mass is 9.96. The quantitative estimate of drug-likeness (QED) is 0.309. The second-order valence-electron chi connectivity index (χ2n) is 5.81. The first-order valence-electron chi connectivity index (χ1n) is 8.42. The van der Waals surface area contributed by atoms with Crippen molar-refractivity contribution >= 4 is 46.1 Å². The van der Waals surface area contributed by atoms with Gasteiger partial charge < -0.3 is 10.6 Å². The van der Waals surface area contributed by atoms with Gasteiger partial charge in [0.1, 0.15) is 0 Å². The Morgan fingerprint density at radius 3 is 2.08 bits per heavy atom. The van der Waals surface area contributed by atoms with E-state index in [1.807, 2.05) is 20.8 Å². The van der Waals surface area contributed by atoms with Gasteiger partial charge >= 0.3 is 0 Å². The Kier molecular flexibility index (Phi) is 9.30. The van der Waals surface area contributed by atoms with Crippen LogP contribution >= 0.6 is 24.4 Å². The van der Waals surface area contributed by atoms with E-state index < -0.39 is 0 Å². The van der Waals surface area contributed by atoms with Crippen LogP contribution in [-0.4, -0.2) is 34.7 Å². The molecule has 0 aromatic heterocycles. The van der Waals surface area contributed by atoms with Crippen LogP contribution in [0.1, 0.15) is 41.0 Å². The summed E-state index contributed by atoms with van der Waals surface area (Å²) in [5.74, 6) is 0.319. The van der Waals surface area contributed by atoms with E-state index in [1.165, 1.54) is 11.1 Å². The number of nitrogens with zero attached hydrogens (tertiary/aromatic N) is 2. The summed E-state index contributed by atoms with van der Waals surface area (Å²) in [4.78, 5) is 0. The number of hydrogen-bond donors (Lipinski definition) is 4. The zero-order valence-electron chi connectivity index (χ0n) is 15.6. The van der Waals surface area contributed by atoms with Crippen molar-refractivity contribution < 1.29 is 0 Å². The molecule has 138 valence electrons. The summed E-state index contributed by atoms with van der Waals surface area (Å²) in [6.45, 7) is 11.6. The van der Waals surface area contributed by atoms with Gasteiger partial charge in [-0.3, -0.25) is 10.9 Å². The molecule has 0 bridgehead atoms. The minimum absolute atomic E-state index is 0.319. The molecule has 0 radical (unpaired) electrons. The lowest BCUT2D eigenvalue weighted by molar-refractivity contribution is 0.806. The van der Waals surface area contributed by atoms with Crippen molar-refractivity contribution in [2.75, 3.05) is 13.1 Å². The number of nitrogens with one attached hydrogen (secondary N) is 4. The summed E-state index contributed by atoms with van der Waals surface area (Å²) in [6, 6.07) is 0. The van der Waals surface area contributed by atoms with Crippen LogP contribution in [0, 0.1) is 5.92 Å². The number of hydrazone groups is 2. The molecule has 1 aliphatic carbocycles. The van der Waals surface area contributed by atoms with Crippen molar-refractivity contribution in [2.45, 2.75) is 41.0 Å². The lowest BCUT2D eigenvalue weighted by Gasteiger charge is -2.14. The smallest absolute Gasteiger partial charge is 0.186 e. The van der Waals surface area contributed by atoms with E-state index in [9.17, 15) is 0 Å². The van der Waals surface area contributed by atoms with Gasteiger partial charge in [-0.05, 0) is 59.1 Å². The molecule has 4 N–H and O–H groups in total. The molecule has 0 saturated heterocycles. The Labute approximate surface area is 161 Å². The first-order chi connectivity index (χ1) is 11.9. The summed E-state index contributed by atoms with van der Waals surface area (Å²) >= 11 is 10.3. The van der Waals surface area contributed by atoms with Crippen LogP contribution in [0.15, 0.2) is 33.5 Å². The van der Waals surface area contributed by atoms with E-state index in [0.29, 0.717) is 16.1 Å². The number of hydrogen-bond acceptors (Lipinski definition) is 4. The van der Waals surface area contributed by atoms with E-state index in [-0.39, 0.29) is 0 Å². The minimum atomic E-state index is 0.319. The fraction of sp³-hybridized carbons (Fsp3) is 0.529. The molecule has 0 amide bonds.